The Kier molecular flexibility index (Phi) is 3.39. The molecule has 2 rings (SSSR count). The van der Waals surface area contributed by atoms with Crippen molar-refractivity contribution in [2.75, 3.05) is 11.1 Å². The monoisotopic (exact) mass is 256 g/mol. The summed E-state index contributed by atoms with van der Waals surface area (Å²) in [4.78, 5) is 15.7. The minimum Gasteiger partial charge on any atom is -0.384 e. The van der Waals surface area contributed by atoms with E-state index in [0.29, 0.717) is 11.4 Å². The van der Waals surface area contributed by atoms with Gasteiger partial charge in [-0.25, -0.2) is 9.37 Å². The second-order valence-corrected chi connectivity index (χ2v) is 3.73. The molecule has 1 aromatic carbocycles. The summed E-state index contributed by atoms with van der Waals surface area (Å²) >= 11 is 0. The summed E-state index contributed by atoms with van der Waals surface area (Å²) in [6, 6.07) is 8.36. The summed E-state index contributed by atoms with van der Waals surface area (Å²) in [5.41, 5.74) is 6.00. The van der Waals surface area contributed by atoms with Gasteiger partial charge in [0.05, 0.1) is 16.8 Å². The number of anilines is 2. The van der Waals surface area contributed by atoms with Crippen molar-refractivity contribution in [1.82, 2.24) is 4.98 Å². The summed E-state index contributed by atoms with van der Waals surface area (Å²) in [7, 11) is 0. The summed E-state index contributed by atoms with van der Waals surface area (Å²) in [6.45, 7) is 0. The molecule has 19 heavy (non-hydrogen) atoms. The molecule has 0 atom stereocenters. The number of nitrogens with one attached hydrogen (secondary N) is 1. The molecule has 5 nitrogen and oxygen atoms in total. The van der Waals surface area contributed by atoms with Crippen LogP contribution in [0.5, 0.6) is 0 Å². The van der Waals surface area contributed by atoms with Gasteiger partial charge in [-0.1, -0.05) is 0 Å². The van der Waals surface area contributed by atoms with E-state index in [-0.39, 0.29) is 11.3 Å². The Hall–Kier alpha value is -2.94. The van der Waals surface area contributed by atoms with Crippen LogP contribution in [0, 0.1) is 17.1 Å². The first-order valence-electron chi connectivity index (χ1n) is 5.32. The topological polar surface area (TPSA) is 91.8 Å². The number of carbonyl (C=O) groups is 1. The average Bonchev–Trinajstić information content (AvgIpc) is 2.41. The Morgan fingerprint density at radius 2 is 2.16 bits per heavy atom. The zero-order valence-electron chi connectivity index (χ0n) is 9.72. The highest BCUT2D eigenvalue weighted by molar-refractivity contribution is 6.04. The van der Waals surface area contributed by atoms with E-state index in [1.807, 2.05) is 6.07 Å². The maximum atomic E-state index is 13.0. The highest BCUT2D eigenvalue weighted by atomic mass is 19.1. The van der Waals surface area contributed by atoms with E-state index in [0.717, 1.165) is 12.1 Å². The Bertz CT molecular complexity index is 661. The van der Waals surface area contributed by atoms with Crippen LogP contribution in [0.15, 0.2) is 36.5 Å². The number of amides is 1. The normalized spacial score (nSPS) is 9.68. The van der Waals surface area contributed by atoms with Gasteiger partial charge in [-0.15, -0.1) is 0 Å². The highest BCUT2D eigenvalue weighted by Gasteiger charge is 2.10. The van der Waals surface area contributed by atoms with Gasteiger partial charge in [0, 0.05) is 6.20 Å². The van der Waals surface area contributed by atoms with Crippen LogP contribution in [0.25, 0.3) is 0 Å². The molecular formula is C13H9FN4O. The molecule has 6 heteroatoms. The lowest BCUT2D eigenvalue weighted by atomic mass is 10.1. The quantitative estimate of drug-likeness (QED) is 0.858. The van der Waals surface area contributed by atoms with Gasteiger partial charge in [0.15, 0.2) is 0 Å². The Morgan fingerprint density at radius 3 is 2.79 bits per heavy atom. The lowest BCUT2D eigenvalue weighted by molar-refractivity contribution is 0.102. The minimum atomic E-state index is -0.538. The molecule has 1 amide bonds. The van der Waals surface area contributed by atoms with Crippen LogP contribution >= 0.6 is 0 Å². The van der Waals surface area contributed by atoms with Gasteiger partial charge in [0.25, 0.3) is 5.91 Å². The molecule has 0 unspecified atom stereocenters. The van der Waals surface area contributed by atoms with Crippen LogP contribution in [0.3, 0.4) is 0 Å². The number of nitrogens with two attached hydrogens (primary N) is 1. The van der Waals surface area contributed by atoms with E-state index in [1.54, 1.807) is 0 Å². The molecule has 1 aromatic heterocycles. The van der Waals surface area contributed by atoms with Gasteiger partial charge in [0.2, 0.25) is 0 Å². The number of nitrogens with zero attached hydrogens (tertiary/aromatic N) is 2. The lowest BCUT2D eigenvalue weighted by Crippen LogP contribution is -2.13. The molecule has 0 radical (unpaired) electrons. The summed E-state index contributed by atoms with van der Waals surface area (Å²) in [6.07, 6.45) is 1.32. The van der Waals surface area contributed by atoms with Crippen LogP contribution in [0.1, 0.15) is 15.9 Å². The molecule has 2 aromatic rings. The van der Waals surface area contributed by atoms with Crippen LogP contribution in [0.4, 0.5) is 15.9 Å². The number of rotatable bonds is 2. The Balaban J connectivity index is 2.24. The number of halogens is 1. The zero-order valence-corrected chi connectivity index (χ0v) is 9.72. The van der Waals surface area contributed by atoms with Crippen molar-refractivity contribution in [3.8, 4) is 6.07 Å². The maximum absolute atomic E-state index is 13.0. The number of benzene rings is 1. The van der Waals surface area contributed by atoms with Crippen molar-refractivity contribution < 1.29 is 9.18 Å². The lowest BCUT2D eigenvalue weighted by Gasteiger charge is -2.07. The van der Waals surface area contributed by atoms with Crippen LogP contribution in [-0.4, -0.2) is 10.9 Å². The van der Waals surface area contributed by atoms with Crippen molar-refractivity contribution >= 4 is 17.4 Å². The molecular weight excluding hydrogens is 247 g/mol. The molecule has 0 fully saturated rings. The number of hydrogen-bond acceptors (Lipinski definition) is 4. The van der Waals surface area contributed by atoms with Gasteiger partial charge < -0.3 is 11.1 Å². The van der Waals surface area contributed by atoms with Crippen LogP contribution < -0.4 is 11.1 Å². The summed E-state index contributed by atoms with van der Waals surface area (Å²) in [5.74, 6) is -0.685. The average molecular weight is 256 g/mol. The van der Waals surface area contributed by atoms with Crippen molar-refractivity contribution in [3.63, 3.8) is 0 Å². The number of nitriles is 1. The zero-order chi connectivity index (χ0) is 13.8. The molecule has 0 aliphatic carbocycles. The fourth-order valence-electron chi connectivity index (χ4n) is 1.45. The SMILES string of the molecule is N#Cc1cc(F)ccc1NC(=O)c1ccc(N)nc1. The number of pyridine rings is 1. The van der Waals surface area contributed by atoms with Crippen molar-refractivity contribution in [2.45, 2.75) is 0 Å². The van der Waals surface area contributed by atoms with Gasteiger partial charge >= 0.3 is 0 Å². The summed E-state index contributed by atoms with van der Waals surface area (Å²) in [5, 5.41) is 11.4. The predicted molar refractivity (Wildman–Crippen MR) is 67.7 cm³/mol. The number of carbonyl (C=O) groups excluding carboxylic acids is 1. The Morgan fingerprint density at radius 1 is 1.37 bits per heavy atom. The molecule has 3 N–H and O–H groups in total. The van der Waals surface area contributed by atoms with E-state index in [1.165, 1.54) is 24.4 Å². The van der Waals surface area contributed by atoms with Crippen molar-refractivity contribution in [2.24, 2.45) is 0 Å². The van der Waals surface area contributed by atoms with E-state index in [2.05, 4.69) is 10.3 Å². The first kappa shape index (κ1) is 12.5. The van der Waals surface area contributed by atoms with Gasteiger partial charge in [-0.3, -0.25) is 4.79 Å². The first-order chi connectivity index (χ1) is 9.10. The molecule has 0 aliphatic rings. The molecule has 0 saturated heterocycles. The molecule has 0 aliphatic heterocycles. The fraction of sp³-hybridized carbons (Fsp3) is 0. The third kappa shape index (κ3) is 2.84. The number of aromatic nitrogens is 1. The van der Waals surface area contributed by atoms with Crippen LogP contribution in [0.2, 0.25) is 0 Å². The standard InChI is InChI=1S/C13H9FN4O/c14-10-2-3-11(9(5-10)6-15)18-13(19)8-1-4-12(16)17-7-8/h1-5,7H,(H2,16,17)(H,18,19). The molecule has 0 spiro atoms. The highest BCUT2D eigenvalue weighted by Crippen LogP contribution is 2.17. The van der Waals surface area contributed by atoms with Crippen molar-refractivity contribution in [3.05, 3.63) is 53.5 Å². The van der Waals surface area contributed by atoms with Gasteiger partial charge in [-0.05, 0) is 30.3 Å². The second kappa shape index (κ2) is 5.14. The fourth-order valence-corrected chi connectivity index (χ4v) is 1.45. The molecule has 94 valence electrons. The third-order valence-electron chi connectivity index (χ3n) is 2.40. The number of hydrogen-bond donors (Lipinski definition) is 2. The predicted octanol–water partition coefficient (Wildman–Crippen LogP) is 1.93. The smallest absolute Gasteiger partial charge is 0.257 e. The molecule has 1 heterocycles. The van der Waals surface area contributed by atoms with Crippen molar-refractivity contribution in [1.29, 1.82) is 5.26 Å². The summed E-state index contributed by atoms with van der Waals surface area (Å²) < 4.78 is 13.0. The van der Waals surface area contributed by atoms with Gasteiger partial charge in [-0.2, -0.15) is 5.26 Å². The Labute approximate surface area is 108 Å². The first-order valence-corrected chi connectivity index (χ1v) is 5.32. The van der Waals surface area contributed by atoms with Crippen LogP contribution in [-0.2, 0) is 0 Å². The van der Waals surface area contributed by atoms with E-state index < -0.39 is 11.7 Å². The number of nitrogen functional groups attached to an aromatic ring is 1. The van der Waals surface area contributed by atoms with E-state index >= 15 is 0 Å². The van der Waals surface area contributed by atoms with E-state index in [4.69, 9.17) is 11.0 Å². The van der Waals surface area contributed by atoms with E-state index in [9.17, 15) is 9.18 Å². The minimum absolute atomic E-state index is 0.0526. The largest absolute Gasteiger partial charge is 0.384 e. The molecule has 0 saturated carbocycles. The second-order valence-electron chi connectivity index (χ2n) is 3.73. The van der Waals surface area contributed by atoms with Gasteiger partial charge in [0.1, 0.15) is 17.7 Å². The maximum Gasteiger partial charge on any atom is 0.257 e. The third-order valence-corrected chi connectivity index (χ3v) is 2.40. The molecule has 0 bridgehead atoms.